The van der Waals surface area contributed by atoms with Crippen molar-refractivity contribution in [2.75, 3.05) is 7.11 Å². The van der Waals surface area contributed by atoms with E-state index in [9.17, 15) is 10.0 Å². The van der Waals surface area contributed by atoms with Gasteiger partial charge in [-0.1, -0.05) is 0 Å². The predicted octanol–water partition coefficient (Wildman–Crippen LogP) is 0.0355. The third kappa shape index (κ3) is 2.23. The lowest BCUT2D eigenvalue weighted by Gasteiger charge is -1.99. The van der Waals surface area contributed by atoms with Crippen molar-refractivity contribution in [3.63, 3.8) is 0 Å². The number of hydrogen-bond donors (Lipinski definition) is 0. The lowest BCUT2D eigenvalue weighted by molar-refractivity contribution is -0.605. The highest BCUT2D eigenvalue weighted by atomic mass is 16.5. The maximum Gasteiger partial charge on any atom is 0.310 e. The number of ether oxygens (including phenoxy) is 1. The van der Waals surface area contributed by atoms with Crippen LogP contribution >= 0.6 is 0 Å². The summed E-state index contributed by atoms with van der Waals surface area (Å²) in [6, 6.07) is 3.29. The van der Waals surface area contributed by atoms with Gasteiger partial charge in [-0.3, -0.25) is 4.79 Å². The maximum absolute atomic E-state index is 10.8. The van der Waals surface area contributed by atoms with Gasteiger partial charge < -0.3 is 9.94 Å². The van der Waals surface area contributed by atoms with E-state index in [1.54, 1.807) is 12.1 Å². The highest BCUT2D eigenvalue weighted by Gasteiger charge is 2.04. The Kier molecular flexibility index (Phi) is 2.63. The van der Waals surface area contributed by atoms with Crippen LogP contribution in [0.15, 0.2) is 24.5 Å². The maximum atomic E-state index is 10.8. The minimum atomic E-state index is -0.346. The molecule has 64 valence electrons. The fraction of sp³-hybridized carbons (Fsp3) is 0.250. The molecule has 0 saturated heterocycles. The number of pyridine rings is 1. The first kappa shape index (κ1) is 8.52. The van der Waals surface area contributed by atoms with E-state index in [1.807, 2.05) is 0 Å². The molecule has 1 heterocycles. The van der Waals surface area contributed by atoms with Crippen LogP contribution < -0.4 is 4.73 Å². The van der Waals surface area contributed by atoms with Crippen LogP contribution in [0, 0.1) is 5.21 Å². The average Bonchev–Trinajstić information content (AvgIpc) is 2.04. The van der Waals surface area contributed by atoms with E-state index < -0.39 is 0 Å². The van der Waals surface area contributed by atoms with Crippen molar-refractivity contribution in [1.29, 1.82) is 0 Å². The molecule has 0 aromatic carbocycles. The zero-order chi connectivity index (χ0) is 8.97. The topological polar surface area (TPSA) is 53.2 Å². The highest BCUT2D eigenvalue weighted by Crippen LogP contribution is 1.96. The van der Waals surface area contributed by atoms with Gasteiger partial charge in [0.1, 0.15) is 0 Å². The summed E-state index contributed by atoms with van der Waals surface area (Å²) in [5.74, 6) is -0.346. The summed E-state index contributed by atoms with van der Waals surface area (Å²) in [4.78, 5) is 10.8. The Labute approximate surface area is 70.0 Å². The van der Waals surface area contributed by atoms with Gasteiger partial charge in [-0.05, 0) is 6.07 Å². The van der Waals surface area contributed by atoms with Crippen LogP contribution in [-0.2, 0) is 16.0 Å². The second kappa shape index (κ2) is 3.71. The van der Waals surface area contributed by atoms with Gasteiger partial charge in [0.2, 0.25) is 0 Å². The van der Waals surface area contributed by atoms with Crippen LogP contribution in [0.25, 0.3) is 0 Å². The number of esters is 1. The molecule has 0 saturated carbocycles. The number of hydrogen-bond acceptors (Lipinski definition) is 3. The Morgan fingerprint density at radius 1 is 1.75 bits per heavy atom. The molecule has 0 aliphatic heterocycles. The minimum Gasteiger partial charge on any atom is -0.619 e. The molecule has 4 heteroatoms. The number of methoxy groups -OCH3 is 1. The van der Waals surface area contributed by atoms with Gasteiger partial charge in [0.05, 0.1) is 13.5 Å². The summed E-state index contributed by atoms with van der Waals surface area (Å²) >= 11 is 0. The number of aromatic nitrogens is 1. The Morgan fingerprint density at radius 2 is 2.50 bits per heavy atom. The number of carbonyl (C=O) groups excluding carboxylic acids is 1. The van der Waals surface area contributed by atoms with E-state index in [4.69, 9.17) is 0 Å². The quantitative estimate of drug-likeness (QED) is 0.355. The third-order valence-corrected chi connectivity index (χ3v) is 1.41. The minimum absolute atomic E-state index is 0.138. The molecule has 1 rings (SSSR count). The number of rotatable bonds is 2. The average molecular weight is 167 g/mol. The van der Waals surface area contributed by atoms with Crippen LogP contribution in [0.5, 0.6) is 0 Å². The van der Waals surface area contributed by atoms with Crippen LogP contribution in [0.2, 0.25) is 0 Å². The van der Waals surface area contributed by atoms with Crippen molar-refractivity contribution in [3.05, 3.63) is 35.3 Å². The summed E-state index contributed by atoms with van der Waals surface area (Å²) in [7, 11) is 1.32. The monoisotopic (exact) mass is 167 g/mol. The van der Waals surface area contributed by atoms with Gasteiger partial charge in [-0.15, -0.1) is 0 Å². The fourth-order valence-electron chi connectivity index (χ4n) is 0.844. The molecule has 0 unspecified atom stereocenters. The molecule has 4 nitrogen and oxygen atoms in total. The fourth-order valence-corrected chi connectivity index (χ4v) is 0.844. The largest absolute Gasteiger partial charge is 0.619 e. The first-order valence-electron chi connectivity index (χ1n) is 3.47. The van der Waals surface area contributed by atoms with Crippen LogP contribution in [0.3, 0.4) is 0 Å². The van der Waals surface area contributed by atoms with Gasteiger partial charge >= 0.3 is 5.97 Å². The van der Waals surface area contributed by atoms with Gasteiger partial charge in [0.15, 0.2) is 12.4 Å². The van der Waals surface area contributed by atoms with E-state index in [1.165, 1.54) is 19.5 Å². The highest BCUT2D eigenvalue weighted by molar-refractivity contribution is 5.72. The van der Waals surface area contributed by atoms with Gasteiger partial charge in [-0.25, -0.2) is 0 Å². The Bertz CT molecular complexity index is 285. The van der Waals surface area contributed by atoms with Gasteiger partial charge in [-0.2, -0.15) is 4.73 Å². The lowest BCUT2D eigenvalue weighted by atomic mass is 10.2. The molecule has 0 fully saturated rings. The number of nitrogens with zero attached hydrogens (tertiary/aromatic N) is 1. The van der Waals surface area contributed by atoms with Crippen molar-refractivity contribution in [3.8, 4) is 0 Å². The zero-order valence-electron chi connectivity index (χ0n) is 6.69. The molecule has 0 N–H and O–H groups in total. The molecule has 0 aliphatic rings. The SMILES string of the molecule is COC(=O)Cc1ccc[n+]([O-])c1. The summed E-state index contributed by atoms with van der Waals surface area (Å²) in [6.07, 6.45) is 2.84. The molecule has 0 bridgehead atoms. The van der Waals surface area contributed by atoms with Gasteiger partial charge in [0.25, 0.3) is 0 Å². The first-order valence-corrected chi connectivity index (χ1v) is 3.47. The molecule has 0 spiro atoms. The van der Waals surface area contributed by atoms with Crippen molar-refractivity contribution in [1.82, 2.24) is 0 Å². The van der Waals surface area contributed by atoms with Crippen molar-refractivity contribution in [2.45, 2.75) is 6.42 Å². The first-order chi connectivity index (χ1) is 5.72. The molecular weight excluding hydrogens is 158 g/mol. The predicted molar refractivity (Wildman–Crippen MR) is 41.1 cm³/mol. The second-order valence-electron chi connectivity index (χ2n) is 2.33. The van der Waals surface area contributed by atoms with Crippen molar-refractivity contribution >= 4 is 5.97 Å². The molecule has 0 radical (unpaired) electrons. The van der Waals surface area contributed by atoms with E-state index in [0.29, 0.717) is 10.3 Å². The summed E-state index contributed by atoms with van der Waals surface area (Å²) in [5.41, 5.74) is 0.652. The Balaban J connectivity index is 2.69. The summed E-state index contributed by atoms with van der Waals surface area (Å²) in [6.45, 7) is 0. The molecule has 1 aromatic rings. The van der Waals surface area contributed by atoms with E-state index in [2.05, 4.69) is 4.74 Å². The van der Waals surface area contributed by atoms with Crippen LogP contribution in [-0.4, -0.2) is 13.1 Å². The molecule has 0 aliphatic carbocycles. The standard InChI is InChI=1S/C8H9NO3/c1-12-8(10)5-7-3-2-4-9(11)6-7/h2-4,6H,5H2,1H3. The van der Waals surface area contributed by atoms with Crippen LogP contribution in [0.4, 0.5) is 0 Å². The van der Waals surface area contributed by atoms with E-state index in [-0.39, 0.29) is 12.4 Å². The normalized spacial score (nSPS) is 9.42. The van der Waals surface area contributed by atoms with E-state index >= 15 is 0 Å². The molecule has 1 aromatic heterocycles. The lowest BCUT2D eigenvalue weighted by Crippen LogP contribution is -2.25. The molecule has 0 atom stereocenters. The van der Waals surface area contributed by atoms with Crippen molar-refractivity contribution in [2.24, 2.45) is 0 Å². The third-order valence-electron chi connectivity index (χ3n) is 1.41. The summed E-state index contributed by atoms with van der Waals surface area (Å²) in [5, 5.41) is 10.7. The van der Waals surface area contributed by atoms with E-state index in [0.717, 1.165) is 0 Å². The number of carbonyl (C=O) groups is 1. The molecule has 0 amide bonds. The Morgan fingerprint density at radius 3 is 3.08 bits per heavy atom. The van der Waals surface area contributed by atoms with Gasteiger partial charge in [0, 0.05) is 11.6 Å². The Hall–Kier alpha value is -1.58. The summed E-state index contributed by atoms with van der Waals surface area (Å²) < 4.78 is 5.09. The molecule has 12 heavy (non-hydrogen) atoms. The smallest absolute Gasteiger partial charge is 0.310 e. The zero-order valence-corrected chi connectivity index (χ0v) is 6.69. The van der Waals surface area contributed by atoms with Crippen LogP contribution in [0.1, 0.15) is 5.56 Å². The second-order valence-corrected chi connectivity index (χ2v) is 2.33. The van der Waals surface area contributed by atoms with Crippen molar-refractivity contribution < 1.29 is 14.3 Å². The molecular formula is C8H9NO3.